The number of aromatic nitrogens is 4. The Balaban J connectivity index is 2.19. The van der Waals surface area contributed by atoms with E-state index in [4.69, 9.17) is 5.11 Å². The van der Waals surface area contributed by atoms with E-state index in [2.05, 4.69) is 15.0 Å². The third-order valence-corrected chi connectivity index (χ3v) is 3.39. The molecule has 6 nitrogen and oxygen atoms in total. The van der Waals surface area contributed by atoms with Crippen LogP contribution in [-0.2, 0) is 6.61 Å². The maximum Gasteiger partial charge on any atom is 0.356 e. The molecule has 1 fully saturated rings. The van der Waals surface area contributed by atoms with E-state index in [1.165, 1.54) is 23.6 Å². The summed E-state index contributed by atoms with van der Waals surface area (Å²) in [5.74, 6) is 0.715. The van der Waals surface area contributed by atoms with Crippen molar-refractivity contribution >= 4 is 5.65 Å². The average Bonchev–Trinajstić information content (AvgIpc) is 2.96. The van der Waals surface area contributed by atoms with Gasteiger partial charge in [0.1, 0.15) is 24.4 Å². The van der Waals surface area contributed by atoms with Gasteiger partial charge in [-0.25, -0.2) is 14.2 Å². The molecule has 2 heterocycles. The first-order valence-electron chi connectivity index (χ1n) is 5.86. The van der Waals surface area contributed by atoms with Gasteiger partial charge in [0.25, 0.3) is 0 Å². The highest BCUT2D eigenvalue weighted by molar-refractivity contribution is 5.45. The standard InChI is InChI=1S/C11H14N4O2/c16-5-8-13-10-9(7-3-1-2-4-7)12-6-15(10)11(17)14-8/h6-7,16H,1-5H2,(H,13,14,17). The highest BCUT2D eigenvalue weighted by atomic mass is 16.3. The summed E-state index contributed by atoms with van der Waals surface area (Å²) in [5.41, 5.74) is 1.22. The summed E-state index contributed by atoms with van der Waals surface area (Å²) in [6.45, 7) is -0.263. The fraction of sp³-hybridized carbons (Fsp3) is 0.545. The van der Waals surface area contributed by atoms with Gasteiger partial charge < -0.3 is 10.1 Å². The summed E-state index contributed by atoms with van der Waals surface area (Å²) in [5, 5.41) is 9.05. The third kappa shape index (κ3) is 1.64. The van der Waals surface area contributed by atoms with Gasteiger partial charge in [-0.05, 0) is 12.8 Å². The first kappa shape index (κ1) is 10.5. The fourth-order valence-electron chi connectivity index (χ4n) is 2.54. The van der Waals surface area contributed by atoms with Crippen molar-refractivity contribution < 1.29 is 5.11 Å². The summed E-state index contributed by atoms with van der Waals surface area (Å²) in [7, 11) is 0. The van der Waals surface area contributed by atoms with Crippen LogP contribution in [-0.4, -0.2) is 24.5 Å². The zero-order valence-electron chi connectivity index (χ0n) is 9.39. The van der Waals surface area contributed by atoms with Gasteiger partial charge in [-0.3, -0.25) is 0 Å². The van der Waals surface area contributed by atoms with Gasteiger partial charge in [-0.15, -0.1) is 0 Å². The maximum atomic E-state index is 11.7. The zero-order chi connectivity index (χ0) is 11.8. The summed E-state index contributed by atoms with van der Waals surface area (Å²) in [6.07, 6.45) is 6.17. The van der Waals surface area contributed by atoms with Crippen molar-refractivity contribution in [3.63, 3.8) is 0 Å². The molecule has 0 aliphatic heterocycles. The van der Waals surface area contributed by atoms with Gasteiger partial charge >= 0.3 is 5.69 Å². The smallest absolute Gasteiger partial charge is 0.356 e. The lowest BCUT2D eigenvalue weighted by Crippen LogP contribution is -2.19. The van der Waals surface area contributed by atoms with Crippen LogP contribution >= 0.6 is 0 Å². The number of nitrogens with one attached hydrogen (secondary N) is 1. The number of nitrogens with zero attached hydrogens (tertiary/aromatic N) is 3. The van der Waals surface area contributed by atoms with Crippen molar-refractivity contribution in [3.05, 3.63) is 28.3 Å². The lowest BCUT2D eigenvalue weighted by atomic mass is 10.0. The molecular formula is C11H14N4O2. The van der Waals surface area contributed by atoms with E-state index in [-0.39, 0.29) is 12.3 Å². The maximum absolute atomic E-state index is 11.7. The van der Waals surface area contributed by atoms with Crippen LogP contribution < -0.4 is 5.69 Å². The van der Waals surface area contributed by atoms with Gasteiger partial charge in [-0.1, -0.05) is 12.8 Å². The molecule has 90 valence electrons. The fourth-order valence-corrected chi connectivity index (χ4v) is 2.54. The predicted octanol–water partition coefficient (Wildman–Crippen LogP) is 0.567. The Kier molecular flexibility index (Phi) is 2.44. The van der Waals surface area contributed by atoms with E-state index in [1.807, 2.05) is 0 Å². The number of hydrogen-bond donors (Lipinski definition) is 2. The number of imidazole rings is 1. The van der Waals surface area contributed by atoms with E-state index >= 15 is 0 Å². The Morgan fingerprint density at radius 1 is 1.47 bits per heavy atom. The van der Waals surface area contributed by atoms with Gasteiger partial charge in [-0.2, -0.15) is 4.98 Å². The summed E-state index contributed by atoms with van der Waals surface area (Å²) in [6, 6.07) is 0. The minimum atomic E-state index is -0.389. The lowest BCUT2D eigenvalue weighted by molar-refractivity contribution is 0.270. The summed E-state index contributed by atoms with van der Waals surface area (Å²) >= 11 is 0. The van der Waals surface area contributed by atoms with Crippen LogP contribution in [0.2, 0.25) is 0 Å². The van der Waals surface area contributed by atoms with E-state index in [0.29, 0.717) is 17.4 Å². The molecular weight excluding hydrogens is 220 g/mol. The molecule has 0 saturated heterocycles. The Hall–Kier alpha value is -1.69. The largest absolute Gasteiger partial charge is 0.388 e. The molecule has 2 aromatic heterocycles. The Bertz CT molecular complexity index is 595. The number of aliphatic hydroxyl groups excluding tert-OH is 1. The molecule has 0 radical (unpaired) electrons. The quantitative estimate of drug-likeness (QED) is 0.795. The number of H-pyrrole nitrogens is 1. The highest BCUT2D eigenvalue weighted by Gasteiger charge is 2.22. The van der Waals surface area contributed by atoms with Gasteiger partial charge in [0, 0.05) is 5.92 Å². The SMILES string of the molecule is O=c1nc(CO)[nH]c2c(C3CCCC3)ncn12. The minimum absolute atomic E-state index is 0.263. The molecule has 17 heavy (non-hydrogen) atoms. The summed E-state index contributed by atoms with van der Waals surface area (Å²) < 4.78 is 1.41. The molecule has 6 heteroatoms. The van der Waals surface area contributed by atoms with Gasteiger partial charge in [0.2, 0.25) is 0 Å². The van der Waals surface area contributed by atoms with Crippen molar-refractivity contribution in [2.45, 2.75) is 38.2 Å². The van der Waals surface area contributed by atoms with E-state index in [1.54, 1.807) is 0 Å². The number of aliphatic hydroxyl groups is 1. The van der Waals surface area contributed by atoms with E-state index in [9.17, 15) is 4.79 Å². The van der Waals surface area contributed by atoms with Crippen LogP contribution in [0.4, 0.5) is 0 Å². The normalized spacial score (nSPS) is 17.0. The zero-order valence-corrected chi connectivity index (χ0v) is 9.39. The van der Waals surface area contributed by atoms with Crippen LogP contribution in [0.1, 0.15) is 43.1 Å². The molecule has 2 aromatic rings. The monoisotopic (exact) mass is 234 g/mol. The number of aromatic amines is 1. The molecule has 3 rings (SSSR count). The van der Waals surface area contributed by atoms with E-state index in [0.717, 1.165) is 18.5 Å². The number of rotatable bonds is 2. The second-order valence-electron chi connectivity index (χ2n) is 4.45. The van der Waals surface area contributed by atoms with Crippen LogP contribution in [0.5, 0.6) is 0 Å². The van der Waals surface area contributed by atoms with Gasteiger partial charge in [0.05, 0.1) is 5.69 Å². The molecule has 2 N–H and O–H groups in total. The molecule has 0 unspecified atom stereocenters. The average molecular weight is 234 g/mol. The van der Waals surface area contributed by atoms with Crippen LogP contribution in [0.25, 0.3) is 5.65 Å². The molecule has 0 aromatic carbocycles. The van der Waals surface area contributed by atoms with Crippen LogP contribution in [0.3, 0.4) is 0 Å². The Morgan fingerprint density at radius 2 is 2.24 bits per heavy atom. The first-order valence-corrected chi connectivity index (χ1v) is 5.86. The summed E-state index contributed by atoms with van der Waals surface area (Å²) in [4.78, 5) is 22.7. The molecule has 1 aliphatic rings. The minimum Gasteiger partial charge on any atom is -0.388 e. The molecule has 0 bridgehead atoms. The predicted molar refractivity (Wildman–Crippen MR) is 60.7 cm³/mol. The second-order valence-corrected chi connectivity index (χ2v) is 4.45. The van der Waals surface area contributed by atoms with Crippen molar-refractivity contribution in [2.24, 2.45) is 0 Å². The molecule has 0 spiro atoms. The Morgan fingerprint density at radius 3 is 2.94 bits per heavy atom. The van der Waals surface area contributed by atoms with E-state index < -0.39 is 0 Å². The van der Waals surface area contributed by atoms with Gasteiger partial charge in [0.15, 0.2) is 0 Å². The molecule has 0 atom stereocenters. The second kappa shape index (κ2) is 3.96. The topological polar surface area (TPSA) is 83.3 Å². The van der Waals surface area contributed by atoms with Crippen LogP contribution in [0.15, 0.2) is 11.1 Å². The first-order chi connectivity index (χ1) is 8.29. The van der Waals surface area contributed by atoms with Crippen molar-refractivity contribution in [2.75, 3.05) is 0 Å². The molecule has 0 amide bonds. The highest BCUT2D eigenvalue weighted by Crippen LogP contribution is 2.34. The van der Waals surface area contributed by atoms with Crippen LogP contribution in [0, 0.1) is 0 Å². The van der Waals surface area contributed by atoms with Crippen molar-refractivity contribution in [1.29, 1.82) is 0 Å². The number of fused-ring (bicyclic) bond motifs is 1. The molecule has 1 saturated carbocycles. The molecule has 1 aliphatic carbocycles. The third-order valence-electron chi connectivity index (χ3n) is 3.39. The Labute approximate surface area is 97.3 Å². The van der Waals surface area contributed by atoms with Crippen molar-refractivity contribution in [1.82, 2.24) is 19.4 Å². The number of hydrogen-bond acceptors (Lipinski definition) is 4. The van der Waals surface area contributed by atoms with Crippen molar-refractivity contribution in [3.8, 4) is 0 Å². The lowest BCUT2D eigenvalue weighted by Gasteiger charge is -2.06.